The van der Waals surface area contributed by atoms with E-state index in [-0.39, 0.29) is 18.6 Å². The van der Waals surface area contributed by atoms with Gasteiger partial charge in [0.1, 0.15) is 5.54 Å². The Labute approximate surface area is 169 Å². The highest BCUT2D eigenvalue weighted by atomic mass is 32.1. The summed E-state index contributed by atoms with van der Waals surface area (Å²) >= 11 is 1.50. The van der Waals surface area contributed by atoms with Gasteiger partial charge in [-0.2, -0.15) is 0 Å². The van der Waals surface area contributed by atoms with E-state index in [2.05, 4.69) is 10.3 Å². The van der Waals surface area contributed by atoms with Crippen LogP contribution >= 0.6 is 11.3 Å². The number of Topliss-reactive ketones (excluding diaryl/α,β-unsaturated/α-hetero) is 1. The normalized spacial score (nSPS) is 20.2. The fourth-order valence-corrected chi connectivity index (χ4v) is 4.63. The molecule has 0 radical (unpaired) electrons. The number of aryl methyl sites for hydroxylation is 1. The van der Waals surface area contributed by atoms with Crippen LogP contribution in [0.5, 0.6) is 0 Å². The summed E-state index contributed by atoms with van der Waals surface area (Å²) in [6, 6.07) is 6.18. The number of imide groups is 1. The van der Waals surface area contributed by atoms with Crippen molar-refractivity contribution >= 4 is 29.1 Å². The third-order valence-electron chi connectivity index (χ3n) is 5.60. The average Bonchev–Trinajstić information content (AvgIpc) is 3.21. The van der Waals surface area contributed by atoms with Gasteiger partial charge in [-0.05, 0) is 25.3 Å². The fraction of sp³-hybridized carbons (Fsp3) is 0.400. The van der Waals surface area contributed by atoms with Gasteiger partial charge in [0.05, 0.1) is 22.6 Å². The van der Waals surface area contributed by atoms with Crippen molar-refractivity contribution in [2.45, 2.75) is 44.1 Å². The van der Waals surface area contributed by atoms with Crippen LogP contribution in [0.15, 0.2) is 29.8 Å². The highest BCUT2D eigenvalue weighted by Gasteiger charge is 2.55. The summed E-state index contributed by atoms with van der Waals surface area (Å²) in [7, 11) is 0. The zero-order chi connectivity index (χ0) is 20.8. The molecule has 3 amide bonds. The van der Waals surface area contributed by atoms with Crippen LogP contribution in [0.1, 0.15) is 41.7 Å². The summed E-state index contributed by atoms with van der Waals surface area (Å²) in [5.41, 5.74) is 2.63. The lowest BCUT2D eigenvalue weighted by Gasteiger charge is -2.34. The Hall–Kier alpha value is -2.68. The first-order valence-electron chi connectivity index (χ1n) is 9.26. The lowest BCUT2D eigenvalue weighted by molar-refractivity contribution is -0.135. The topological polar surface area (TPSA) is 79.4 Å². The molecule has 1 aromatic carbocycles. The lowest BCUT2D eigenvalue weighted by Crippen LogP contribution is -2.51. The molecule has 2 heterocycles. The van der Waals surface area contributed by atoms with Crippen LogP contribution in [0.4, 0.5) is 13.6 Å². The van der Waals surface area contributed by atoms with Gasteiger partial charge in [0.15, 0.2) is 5.78 Å². The molecule has 1 aromatic heterocycles. The van der Waals surface area contributed by atoms with Gasteiger partial charge in [0.25, 0.3) is 5.91 Å². The molecule has 1 saturated carbocycles. The predicted octanol–water partition coefficient (Wildman–Crippen LogP) is 3.80. The molecule has 1 aliphatic heterocycles. The van der Waals surface area contributed by atoms with Gasteiger partial charge in [0.2, 0.25) is 5.92 Å². The highest BCUT2D eigenvalue weighted by molar-refractivity contribution is 7.13. The van der Waals surface area contributed by atoms with Gasteiger partial charge in [0, 0.05) is 18.4 Å². The highest BCUT2D eigenvalue weighted by Crippen LogP contribution is 2.41. The number of halogens is 2. The number of nitrogens with one attached hydrogen (secondary N) is 1. The van der Waals surface area contributed by atoms with Crippen LogP contribution in [0.3, 0.4) is 0 Å². The van der Waals surface area contributed by atoms with Crippen molar-refractivity contribution in [3.8, 4) is 10.4 Å². The van der Waals surface area contributed by atoms with Crippen molar-refractivity contribution in [2.75, 3.05) is 6.54 Å². The molecular weight excluding hydrogens is 400 g/mol. The maximum Gasteiger partial charge on any atom is 0.325 e. The van der Waals surface area contributed by atoms with Gasteiger partial charge in [-0.15, -0.1) is 11.3 Å². The van der Waals surface area contributed by atoms with Crippen molar-refractivity contribution < 1.29 is 23.2 Å². The average molecular weight is 419 g/mol. The monoisotopic (exact) mass is 419 g/mol. The van der Waals surface area contributed by atoms with E-state index in [1.165, 1.54) is 11.3 Å². The van der Waals surface area contributed by atoms with Gasteiger partial charge < -0.3 is 5.32 Å². The zero-order valence-corrected chi connectivity index (χ0v) is 16.5. The molecule has 1 N–H and O–H groups in total. The van der Waals surface area contributed by atoms with Crippen LogP contribution in [-0.2, 0) is 4.79 Å². The standard InChI is InChI=1S/C20H19F2N3O3S/c1-12-16(29-11-23-12)14-4-2-13(3-5-14)15(26)10-25-17(27)19(24-18(25)28)6-8-20(21,22)9-7-19/h2-5,11H,6-10H2,1H3,(H,24,28). The second-order valence-corrected chi connectivity index (χ2v) is 8.38. The van der Waals surface area contributed by atoms with E-state index in [1.54, 1.807) is 29.8 Å². The van der Waals surface area contributed by atoms with Gasteiger partial charge in [-0.25, -0.2) is 18.6 Å². The Morgan fingerprint density at radius 3 is 2.41 bits per heavy atom. The molecule has 1 spiro atoms. The smallest absolute Gasteiger partial charge is 0.323 e. The Morgan fingerprint density at radius 2 is 1.83 bits per heavy atom. The molecular formula is C20H19F2N3O3S. The quantitative estimate of drug-likeness (QED) is 0.604. The Kier molecular flexibility index (Phi) is 4.72. The second-order valence-electron chi connectivity index (χ2n) is 7.53. The SMILES string of the molecule is Cc1ncsc1-c1ccc(C(=O)CN2C(=O)NC3(CCC(F)(F)CC3)C2=O)cc1. The number of benzene rings is 1. The number of alkyl halides is 2. The zero-order valence-electron chi connectivity index (χ0n) is 15.7. The predicted molar refractivity (Wildman–Crippen MR) is 103 cm³/mol. The Bertz CT molecular complexity index is 977. The van der Waals surface area contributed by atoms with Crippen molar-refractivity contribution in [3.05, 3.63) is 41.0 Å². The molecule has 152 valence electrons. The number of amides is 3. The maximum absolute atomic E-state index is 13.5. The van der Waals surface area contributed by atoms with Crippen LogP contribution in [-0.4, -0.2) is 45.6 Å². The van der Waals surface area contributed by atoms with E-state index in [0.717, 1.165) is 21.0 Å². The van der Waals surface area contributed by atoms with Gasteiger partial charge in [-0.3, -0.25) is 14.5 Å². The molecule has 0 atom stereocenters. The third kappa shape index (κ3) is 3.55. The molecule has 0 unspecified atom stereocenters. The summed E-state index contributed by atoms with van der Waals surface area (Å²) in [6.07, 6.45) is -1.17. The van der Waals surface area contributed by atoms with E-state index >= 15 is 0 Å². The largest absolute Gasteiger partial charge is 0.325 e. The number of urea groups is 1. The maximum atomic E-state index is 13.5. The third-order valence-corrected chi connectivity index (χ3v) is 6.57. The molecule has 4 rings (SSSR count). The molecule has 29 heavy (non-hydrogen) atoms. The number of carbonyl (C=O) groups excluding carboxylic acids is 3. The summed E-state index contributed by atoms with van der Waals surface area (Å²) in [4.78, 5) is 43.7. The molecule has 0 bridgehead atoms. The Balaban J connectivity index is 1.46. The van der Waals surface area contributed by atoms with E-state index in [4.69, 9.17) is 0 Å². The fourth-order valence-electron chi connectivity index (χ4n) is 3.82. The molecule has 1 saturated heterocycles. The molecule has 2 aliphatic rings. The van der Waals surface area contributed by atoms with Crippen molar-refractivity contribution in [3.63, 3.8) is 0 Å². The van der Waals surface area contributed by atoms with Crippen molar-refractivity contribution in [2.24, 2.45) is 0 Å². The molecule has 6 nitrogen and oxygen atoms in total. The van der Waals surface area contributed by atoms with Crippen LogP contribution in [0.25, 0.3) is 10.4 Å². The number of thiazole rings is 1. The molecule has 2 aromatic rings. The molecule has 1 aliphatic carbocycles. The number of hydrogen-bond donors (Lipinski definition) is 1. The summed E-state index contributed by atoms with van der Waals surface area (Å²) in [5, 5.41) is 2.54. The molecule has 9 heteroatoms. The number of carbonyl (C=O) groups is 3. The van der Waals surface area contributed by atoms with E-state index < -0.39 is 42.8 Å². The first-order chi connectivity index (χ1) is 13.7. The summed E-state index contributed by atoms with van der Waals surface area (Å²) in [5.74, 6) is -3.81. The van der Waals surface area contributed by atoms with Crippen LogP contribution < -0.4 is 5.32 Å². The summed E-state index contributed by atoms with van der Waals surface area (Å²) in [6.45, 7) is 1.49. The first-order valence-corrected chi connectivity index (χ1v) is 10.1. The second kappa shape index (κ2) is 6.98. The minimum atomic E-state index is -2.82. The number of nitrogens with zero attached hydrogens (tertiary/aromatic N) is 2. The number of hydrogen-bond acceptors (Lipinski definition) is 5. The minimum Gasteiger partial charge on any atom is -0.323 e. The van der Waals surface area contributed by atoms with Gasteiger partial charge >= 0.3 is 6.03 Å². The number of aromatic nitrogens is 1. The van der Waals surface area contributed by atoms with Crippen molar-refractivity contribution in [1.29, 1.82) is 0 Å². The number of ketones is 1. The van der Waals surface area contributed by atoms with Crippen LogP contribution in [0.2, 0.25) is 0 Å². The van der Waals surface area contributed by atoms with E-state index in [1.807, 2.05) is 6.92 Å². The Morgan fingerprint density at radius 1 is 1.17 bits per heavy atom. The van der Waals surface area contributed by atoms with Crippen LogP contribution in [0, 0.1) is 6.92 Å². The summed E-state index contributed by atoms with van der Waals surface area (Å²) < 4.78 is 26.9. The van der Waals surface area contributed by atoms with E-state index in [0.29, 0.717) is 5.56 Å². The van der Waals surface area contributed by atoms with Crippen molar-refractivity contribution in [1.82, 2.24) is 15.2 Å². The first kappa shape index (κ1) is 19.6. The minimum absolute atomic E-state index is 0.127. The molecule has 2 fully saturated rings. The van der Waals surface area contributed by atoms with Gasteiger partial charge in [-0.1, -0.05) is 24.3 Å². The number of rotatable bonds is 4. The lowest BCUT2D eigenvalue weighted by atomic mass is 9.80. The van der Waals surface area contributed by atoms with E-state index in [9.17, 15) is 23.2 Å².